The number of aliphatic hydroxyl groups is 1. The minimum Gasteiger partial charge on any atom is -0.393 e. The van der Waals surface area contributed by atoms with E-state index in [2.05, 4.69) is 10.4 Å². The van der Waals surface area contributed by atoms with Gasteiger partial charge in [-0.2, -0.15) is 0 Å². The molecule has 18 heavy (non-hydrogen) atoms. The molecule has 0 saturated heterocycles. The number of nitrogen functional groups attached to an aromatic ring is 1. The van der Waals surface area contributed by atoms with Crippen molar-refractivity contribution in [1.82, 2.24) is 9.88 Å². The highest BCUT2D eigenvalue weighted by atomic mass is 16.3. The zero-order chi connectivity index (χ0) is 13.1. The Morgan fingerprint density at radius 2 is 2.33 bits per heavy atom. The molecule has 1 fully saturated rings. The van der Waals surface area contributed by atoms with Crippen molar-refractivity contribution in [2.45, 2.75) is 18.9 Å². The van der Waals surface area contributed by atoms with Gasteiger partial charge in [-0.1, -0.05) is 6.07 Å². The van der Waals surface area contributed by atoms with Crippen molar-refractivity contribution in [3.8, 4) is 0 Å². The van der Waals surface area contributed by atoms with E-state index in [1.54, 1.807) is 30.1 Å². The Morgan fingerprint density at radius 3 is 2.94 bits per heavy atom. The van der Waals surface area contributed by atoms with Crippen LogP contribution in [0.25, 0.3) is 0 Å². The lowest BCUT2D eigenvalue weighted by atomic mass is 9.82. The lowest BCUT2D eigenvalue weighted by Crippen LogP contribution is -2.39. The number of carbonyl (C=O) groups is 1. The number of hydrogen-bond donors (Lipinski definition) is 3. The number of nitrogens with one attached hydrogen (secondary N) is 1. The molecule has 1 aromatic rings. The Labute approximate surface area is 106 Å². The van der Waals surface area contributed by atoms with Crippen LogP contribution in [0.4, 0.5) is 5.82 Å². The smallest absolute Gasteiger partial charge is 0.272 e. The fourth-order valence-corrected chi connectivity index (χ4v) is 2.15. The number of carbonyl (C=O) groups excluding carboxylic acids is 1. The van der Waals surface area contributed by atoms with Crippen molar-refractivity contribution >= 4 is 11.7 Å². The van der Waals surface area contributed by atoms with Crippen LogP contribution >= 0.6 is 0 Å². The van der Waals surface area contributed by atoms with Gasteiger partial charge in [-0.25, -0.2) is 10.8 Å². The Bertz CT molecular complexity index is 432. The number of anilines is 1. The van der Waals surface area contributed by atoms with Gasteiger partial charge in [-0.05, 0) is 30.9 Å². The molecule has 1 aliphatic rings. The van der Waals surface area contributed by atoms with Gasteiger partial charge in [0.1, 0.15) is 11.5 Å². The van der Waals surface area contributed by atoms with Gasteiger partial charge in [0.15, 0.2) is 0 Å². The predicted molar refractivity (Wildman–Crippen MR) is 67.7 cm³/mol. The lowest BCUT2D eigenvalue weighted by molar-refractivity contribution is 0.0264. The normalized spacial score (nSPS) is 22.2. The monoisotopic (exact) mass is 250 g/mol. The minimum absolute atomic E-state index is 0.131. The van der Waals surface area contributed by atoms with Crippen molar-refractivity contribution in [2.75, 3.05) is 19.0 Å². The van der Waals surface area contributed by atoms with Crippen LogP contribution in [0.3, 0.4) is 0 Å². The highest BCUT2D eigenvalue weighted by molar-refractivity contribution is 5.92. The predicted octanol–water partition coefficient (Wildman–Crippen LogP) is 0.210. The van der Waals surface area contributed by atoms with Crippen LogP contribution in [0.15, 0.2) is 18.2 Å². The maximum absolute atomic E-state index is 12.1. The minimum atomic E-state index is -0.193. The molecule has 1 amide bonds. The summed E-state index contributed by atoms with van der Waals surface area (Å²) in [6, 6.07) is 5.09. The summed E-state index contributed by atoms with van der Waals surface area (Å²) in [4.78, 5) is 17.8. The summed E-state index contributed by atoms with van der Waals surface area (Å²) in [7, 11) is 1.75. The van der Waals surface area contributed by atoms with E-state index in [1.807, 2.05) is 0 Å². The quantitative estimate of drug-likeness (QED) is 0.525. The Balaban J connectivity index is 1.96. The molecule has 1 heterocycles. The third-order valence-electron chi connectivity index (χ3n) is 3.21. The largest absolute Gasteiger partial charge is 0.393 e. The van der Waals surface area contributed by atoms with Gasteiger partial charge in [-0.3, -0.25) is 4.79 Å². The highest BCUT2D eigenvalue weighted by Gasteiger charge is 2.29. The first-order chi connectivity index (χ1) is 8.60. The average Bonchev–Trinajstić information content (AvgIpc) is 2.36. The van der Waals surface area contributed by atoms with E-state index in [0.29, 0.717) is 24.0 Å². The molecule has 6 heteroatoms. The van der Waals surface area contributed by atoms with Gasteiger partial charge in [0.25, 0.3) is 5.91 Å². The van der Waals surface area contributed by atoms with Crippen molar-refractivity contribution in [3.63, 3.8) is 0 Å². The van der Waals surface area contributed by atoms with E-state index < -0.39 is 0 Å². The molecule has 0 aliphatic heterocycles. The van der Waals surface area contributed by atoms with E-state index in [1.165, 1.54) is 0 Å². The molecule has 98 valence electrons. The summed E-state index contributed by atoms with van der Waals surface area (Å²) >= 11 is 0. The topological polar surface area (TPSA) is 91.5 Å². The zero-order valence-electron chi connectivity index (χ0n) is 10.3. The van der Waals surface area contributed by atoms with Gasteiger partial charge >= 0.3 is 0 Å². The molecule has 6 nitrogen and oxygen atoms in total. The highest BCUT2D eigenvalue weighted by Crippen LogP contribution is 2.27. The molecule has 2 rings (SSSR count). The summed E-state index contributed by atoms with van der Waals surface area (Å²) in [6.07, 6.45) is 1.35. The standard InChI is InChI=1S/C12H18N4O2/c1-16(7-8-5-9(17)6-8)12(18)10-3-2-4-11(14-10)15-13/h2-4,8-9,17H,5-7,13H2,1H3,(H,14,15). The van der Waals surface area contributed by atoms with Gasteiger partial charge in [0, 0.05) is 13.6 Å². The van der Waals surface area contributed by atoms with Crippen molar-refractivity contribution in [1.29, 1.82) is 0 Å². The number of hydrazine groups is 1. The van der Waals surface area contributed by atoms with Crippen LogP contribution in [-0.2, 0) is 0 Å². The first kappa shape index (κ1) is 12.8. The lowest BCUT2D eigenvalue weighted by Gasteiger charge is -2.34. The van der Waals surface area contributed by atoms with Crippen LogP contribution in [0.2, 0.25) is 0 Å². The van der Waals surface area contributed by atoms with Crippen LogP contribution in [0.5, 0.6) is 0 Å². The zero-order valence-corrected chi connectivity index (χ0v) is 10.3. The molecule has 0 radical (unpaired) electrons. The van der Waals surface area contributed by atoms with E-state index in [4.69, 9.17) is 5.84 Å². The number of hydrogen-bond acceptors (Lipinski definition) is 5. The van der Waals surface area contributed by atoms with Crippen LogP contribution in [0, 0.1) is 5.92 Å². The summed E-state index contributed by atoms with van der Waals surface area (Å²) in [5.74, 6) is 5.98. The molecule has 1 aromatic heterocycles. The van der Waals surface area contributed by atoms with E-state index in [9.17, 15) is 9.90 Å². The Kier molecular flexibility index (Phi) is 3.78. The summed E-state index contributed by atoms with van der Waals surface area (Å²) in [6.45, 7) is 0.651. The molecule has 4 N–H and O–H groups in total. The van der Waals surface area contributed by atoms with E-state index >= 15 is 0 Å². The van der Waals surface area contributed by atoms with Gasteiger partial charge in [0.05, 0.1) is 6.10 Å². The van der Waals surface area contributed by atoms with E-state index in [-0.39, 0.29) is 12.0 Å². The third-order valence-corrected chi connectivity index (χ3v) is 3.21. The first-order valence-corrected chi connectivity index (χ1v) is 5.97. The van der Waals surface area contributed by atoms with Gasteiger partial charge in [-0.15, -0.1) is 0 Å². The Morgan fingerprint density at radius 1 is 1.61 bits per heavy atom. The second-order valence-corrected chi connectivity index (χ2v) is 4.73. The van der Waals surface area contributed by atoms with Crippen LogP contribution in [-0.4, -0.2) is 40.6 Å². The second-order valence-electron chi connectivity index (χ2n) is 4.73. The molecule has 0 spiro atoms. The first-order valence-electron chi connectivity index (χ1n) is 5.97. The third kappa shape index (κ3) is 2.77. The van der Waals surface area contributed by atoms with Crippen LogP contribution < -0.4 is 11.3 Å². The number of rotatable bonds is 4. The number of aromatic nitrogens is 1. The Hall–Kier alpha value is -1.66. The number of pyridine rings is 1. The molecule has 0 atom stereocenters. The molecule has 0 bridgehead atoms. The van der Waals surface area contributed by atoms with Crippen molar-refractivity contribution < 1.29 is 9.90 Å². The molecule has 1 saturated carbocycles. The fourth-order valence-electron chi connectivity index (χ4n) is 2.15. The summed E-state index contributed by atoms with van der Waals surface area (Å²) in [5.41, 5.74) is 2.78. The van der Waals surface area contributed by atoms with Crippen molar-refractivity contribution in [3.05, 3.63) is 23.9 Å². The molecular formula is C12H18N4O2. The molecule has 1 aliphatic carbocycles. The molecular weight excluding hydrogens is 232 g/mol. The maximum atomic E-state index is 12.1. The number of aliphatic hydroxyl groups excluding tert-OH is 1. The van der Waals surface area contributed by atoms with Gasteiger partial charge < -0.3 is 15.4 Å². The van der Waals surface area contributed by atoms with Crippen molar-refractivity contribution in [2.24, 2.45) is 11.8 Å². The number of amides is 1. The number of nitrogens with zero attached hydrogens (tertiary/aromatic N) is 2. The second kappa shape index (κ2) is 5.32. The number of nitrogens with two attached hydrogens (primary N) is 1. The maximum Gasteiger partial charge on any atom is 0.272 e. The summed E-state index contributed by atoms with van der Waals surface area (Å²) in [5, 5.41) is 9.22. The van der Waals surface area contributed by atoms with E-state index in [0.717, 1.165) is 12.8 Å². The molecule has 0 aromatic carbocycles. The average molecular weight is 250 g/mol. The fraction of sp³-hybridized carbons (Fsp3) is 0.500. The van der Waals surface area contributed by atoms with Crippen LogP contribution in [0.1, 0.15) is 23.3 Å². The summed E-state index contributed by atoms with van der Waals surface area (Å²) < 4.78 is 0. The SMILES string of the molecule is CN(CC1CC(O)C1)C(=O)c1cccc(NN)n1. The van der Waals surface area contributed by atoms with Gasteiger partial charge in [0.2, 0.25) is 0 Å². The molecule has 0 unspecified atom stereocenters.